The summed E-state index contributed by atoms with van der Waals surface area (Å²) in [5.41, 5.74) is 0.880. The molecule has 1 saturated heterocycles. The molecule has 0 atom stereocenters. The second-order valence-corrected chi connectivity index (χ2v) is 6.06. The number of halogens is 1. The number of benzene rings is 1. The van der Waals surface area contributed by atoms with Gasteiger partial charge < -0.3 is 15.3 Å². The van der Waals surface area contributed by atoms with Crippen LogP contribution in [0.25, 0.3) is 0 Å². The molecule has 0 bridgehead atoms. The van der Waals surface area contributed by atoms with E-state index in [1.807, 2.05) is 6.07 Å². The van der Waals surface area contributed by atoms with Gasteiger partial charge in [-0.15, -0.1) is 0 Å². The van der Waals surface area contributed by atoms with E-state index in [9.17, 15) is 5.11 Å². The molecule has 0 aliphatic carbocycles. The molecule has 1 aromatic carbocycles. The number of rotatable bonds is 6. The zero-order valence-electron chi connectivity index (χ0n) is 12.2. The standard InChI is InChI=1S/C16H25ClN2O/c1-2-3-8-19-9-6-15(7-10-19)18-12-13-11-14(17)4-5-16(13)20/h4-5,11,15,18,20H,2-3,6-10,12H2,1H3. The summed E-state index contributed by atoms with van der Waals surface area (Å²) in [5.74, 6) is 0.322. The average Bonchev–Trinajstić information content (AvgIpc) is 2.47. The first kappa shape index (κ1) is 15.6. The molecule has 1 heterocycles. The summed E-state index contributed by atoms with van der Waals surface area (Å²) in [6, 6.07) is 5.76. The third-order valence-electron chi connectivity index (χ3n) is 4.04. The van der Waals surface area contributed by atoms with Crippen LogP contribution in [0, 0.1) is 0 Å². The average molecular weight is 297 g/mol. The lowest BCUT2D eigenvalue weighted by atomic mass is 10.0. The summed E-state index contributed by atoms with van der Waals surface area (Å²) in [6.45, 7) is 6.52. The van der Waals surface area contributed by atoms with Crippen molar-refractivity contribution in [2.24, 2.45) is 0 Å². The number of nitrogens with zero attached hydrogens (tertiary/aromatic N) is 1. The quantitative estimate of drug-likeness (QED) is 0.844. The molecule has 0 amide bonds. The van der Waals surface area contributed by atoms with Crippen molar-refractivity contribution < 1.29 is 5.11 Å². The Hall–Kier alpha value is -0.770. The van der Waals surface area contributed by atoms with E-state index in [0.29, 0.717) is 23.4 Å². The predicted octanol–water partition coefficient (Wildman–Crippen LogP) is 3.40. The van der Waals surface area contributed by atoms with Gasteiger partial charge in [-0.3, -0.25) is 0 Å². The van der Waals surface area contributed by atoms with Gasteiger partial charge in [-0.1, -0.05) is 24.9 Å². The fourth-order valence-electron chi connectivity index (χ4n) is 2.69. The zero-order valence-corrected chi connectivity index (χ0v) is 13.0. The minimum atomic E-state index is 0.322. The van der Waals surface area contributed by atoms with Gasteiger partial charge in [-0.2, -0.15) is 0 Å². The molecule has 0 radical (unpaired) electrons. The van der Waals surface area contributed by atoms with E-state index in [1.54, 1.807) is 12.1 Å². The fourth-order valence-corrected chi connectivity index (χ4v) is 2.89. The second kappa shape index (κ2) is 7.87. The van der Waals surface area contributed by atoms with E-state index < -0.39 is 0 Å². The Kier molecular flexibility index (Phi) is 6.14. The number of hydrogen-bond donors (Lipinski definition) is 2. The number of hydrogen-bond acceptors (Lipinski definition) is 3. The van der Waals surface area contributed by atoms with Crippen molar-refractivity contribution in [3.63, 3.8) is 0 Å². The summed E-state index contributed by atoms with van der Waals surface area (Å²) >= 11 is 5.96. The lowest BCUT2D eigenvalue weighted by molar-refractivity contribution is 0.195. The molecular weight excluding hydrogens is 272 g/mol. The maximum Gasteiger partial charge on any atom is 0.120 e. The molecule has 1 aliphatic rings. The van der Waals surface area contributed by atoms with Crippen molar-refractivity contribution in [1.29, 1.82) is 0 Å². The van der Waals surface area contributed by atoms with Gasteiger partial charge >= 0.3 is 0 Å². The zero-order chi connectivity index (χ0) is 14.4. The van der Waals surface area contributed by atoms with E-state index in [1.165, 1.54) is 45.3 Å². The molecule has 112 valence electrons. The van der Waals surface area contributed by atoms with Gasteiger partial charge in [0.1, 0.15) is 5.75 Å². The van der Waals surface area contributed by atoms with Gasteiger partial charge in [0.25, 0.3) is 0 Å². The van der Waals surface area contributed by atoms with E-state index in [4.69, 9.17) is 11.6 Å². The molecule has 20 heavy (non-hydrogen) atoms. The molecule has 0 saturated carbocycles. The van der Waals surface area contributed by atoms with Crippen LogP contribution in [0.15, 0.2) is 18.2 Å². The van der Waals surface area contributed by atoms with E-state index in [2.05, 4.69) is 17.1 Å². The van der Waals surface area contributed by atoms with Gasteiger partial charge in [0.15, 0.2) is 0 Å². The Morgan fingerprint density at radius 1 is 1.35 bits per heavy atom. The molecule has 0 aromatic heterocycles. The van der Waals surface area contributed by atoms with Crippen molar-refractivity contribution in [2.45, 2.75) is 45.2 Å². The number of aromatic hydroxyl groups is 1. The van der Waals surface area contributed by atoms with Crippen LogP contribution in [0.3, 0.4) is 0 Å². The largest absolute Gasteiger partial charge is 0.508 e. The van der Waals surface area contributed by atoms with Crippen LogP contribution >= 0.6 is 11.6 Å². The highest BCUT2D eigenvalue weighted by molar-refractivity contribution is 6.30. The summed E-state index contributed by atoms with van der Waals surface area (Å²) in [7, 11) is 0. The molecule has 2 rings (SSSR count). The van der Waals surface area contributed by atoms with Crippen LogP contribution in [0.5, 0.6) is 5.75 Å². The van der Waals surface area contributed by atoms with Crippen molar-refractivity contribution in [3.8, 4) is 5.75 Å². The number of unbranched alkanes of at least 4 members (excludes halogenated alkanes) is 1. The second-order valence-electron chi connectivity index (χ2n) is 5.62. The van der Waals surface area contributed by atoms with E-state index in [0.717, 1.165) is 5.56 Å². The Morgan fingerprint density at radius 3 is 2.80 bits per heavy atom. The number of nitrogens with one attached hydrogen (secondary N) is 1. The summed E-state index contributed by atoms with van der Waals surface area (Å²) < 4.78 is 0. The van der Waals surface area contributed by atoms with Gasteiger partial charge in [-0.05, 0) is 57.1 Å². The summed E-state index contributed by atoms with van der Waals surface area (Å²) in [4.78, 5) is 2.55. The lowest BCUT2D eigenvalue weighted by Crippen LogP contribution is -2.42. The fraction of sp³-hybridized carbons (Fsp3) is 0.625. The van der Waals surface area contributed by atoms with Crippen LogP contribution in [0.2, 0.25) is 5.02 Å². The SMILES string of the molecule is CCCCN1CCC(NCc2cc(Cl)ccc2O)CC1. The molecule has 0 spiro atoms. The van der Waals surface area contributed by atoms with E-state index in [-0.39, 0.29) is 0 Å². The topological polar surface area (TPSA) is 35.5 Å². The highest BCUT2D eigenvalue weighted by Crippen LogP contribution is 2.22. The highest BCUT2D eigenvalue weighted by Gasteiger charge is 2.18. The molecule has 2 N–H and O–H groups in total. The first-order valence-electron chi connectivity index (χ1n) is 7.62. The first-order valence-corrected chi connectivity index (χ1v) is 8.00. The van der Waals surface area contributed by atoms with E-state index >= 15 is 0 Å². The molecule has 0 unspecified atom stereocenters. The summed E-state index contributed by atoms with van der Waals surface area (Å²) in [6.07, 6.45) is 4.94. The third-order valence-corrected chi connectivity index (χ3v) is 4.27. The van der Waals surface area contributed by atoms with Crippen LogP contribution in [0.4, 0.5) is 0 Å². The predicted molar refractivity (Wildman–Crippen MR) is 84.3 cm³/mol. The number of phenolic OH excluding ortho intramolecular Hbond substituents is 1. The maximum absolute atomic E-state index is 9.80. The first-order chi connectivity index (χ1) is 9.69. The molecule has 4 heteroatoms. The van der Waals surface area contributed by atoms with Crippen molar-refractivity contribution in [2.75, 3.05) is 19.6 Å². The van der Waals surface area contributed by atoms with Crippen molar-refractivity contribution in [1.82, 2.24) is 10.2 Å². The monoisotopic (exact) mass is 296 g/mol. The number of likely N-dealkylation sites (tertiary alicyclic amines) is 1. The van der Waals surface area contributed by atoms with Crippen LogP contribution in [-0.2, 0) is 6.54 Å². The Balaban J connectivity index is 1.74. The van der Waals surface area contributed by atoms with Crippen LogP contribution in [0.1, 0.15) is 38.2 Å². The van der Waals surface area contributed by atoms with Gasteiger partial charge in [0.05, 0.1) is 0 Å². The molecule has 1 aliphatic heterocycles. The Bertz CT molecular complexity index is 417. The Labute approximate surface area is 126 Å². The van der Waals surface area contributed by atoms with Gasteiger partial charge in [0, 0.05) is 23.2 Å². The maximum atomic E-state index is 9.80. The van der Waals surface area contributed by atoms with Crippen molar-refractivity contribution >= 4 is 11.6 Å². The van der Waals surface area contributed by atoms with Gasteiger partial charge in [-0.25, -0.2) is 0 Å². The Morgan fingerprint density at radius 2 is 2.10 bits per heavy atom. The smallest absolute Gasteiger partial charge is 0.120 e. The van der Waals surface area contributed by atoms with Crippen LogP contribution in [-0.4, -0.2) is 35.7 Å². The number of piperidine rings is 1. The van der Waals surface area contributed by atoms with Crippen LogP contribution < -0.4 is 5.32 Å². The minimum absolute atomic E-state index is 0.322. The molecular formula is C16H25ClN2O. The normalized spacial score (nSPS) is 17.5. The molecule has 3 nitrogen and oxygen atoms in total. The lowest BCUT2D eigenvalue weighted by Gasteiger charge is -2.32. The number of phenols is 1. The molecule has 1 aromatic rings. The van der Waals surface area contributed by atoms with Crippen molar-refractivity contribution in [3.05, 3.63) is 28.8 Å². The molecule has 1 fully saturated rings. The van der Waals surface area contributed by atoms with Gasteiger partial charge in [0.2, 0.25) is 0 Å². The highest BCUT2D eigenvalue weighted by atomic mass is 35.5. The third kappa shape index (κ3) is 4.65. The summed E-state index contributed by atoms with van der Waals surface area (Å²) in [5, 5.41) is 14.0. The minimum Gasteiger partial charge on any atom is -0.508 e.